The van der Waals surface area contributed by atoms with E-state index >= 15 is 0 Å². The number of hydrogen-bond donors (Lipinski definition) is 1. The van der Waals surface area contributed by atoms with Crippen molar-refractivity contribution < 1.29 is 28.7 Å². The third-order valence-electron chi connectivity index (χ3n) is 8.51. The van der Waals surface area contributed by atoms with Crippen molar-refractivity contribution in [2.45, 2.75) is 122 Å². The summed E-state index contributed by atoms with van der Waals surface area (Å²) in [6.45, 7) is 9.09. The molecule has 0 amide bonds. The molecule has 3 aromatic rings. The molecule has 0 unspecified atom stereocenters. The molecule has 3 aromatic carbocycles. The Hall–Kier alpha value is -1.40. The number of benzene rings is 3. The SMILES string of the molecule is CC(C)Oc1cccc(OC(C)C)c1-c1cccc(Cl)c1P(C1CCCCC1)C1CCCCC1.NCCc1cccc[c]1[Pd]. The summed E-state index contributed by atoms with van der Waals surface area (Å²) in [4.78, 5) is 0. The monoisotopic (exact) mass is 726 g/mol. The summed E-state index contributed by atoms with van der Waals surface area (Å²) in [5.74, 6) is 1.80. The van der Waals surface area contributed by atoms with E-state index in [1.807, 2.05) is 24.3 Å². The van der Waals surface area contributed by atoms with Crippen LogP contribution in [-0.2, 0) is 25.6 Å². The summed E-state index contributed by atoms with van der Waals surface area (Å²) >= 11 is 10.3. The van der Waals surface area contributed by atoms with E-state index < -0.39 is 0 Å². The van der Waals surface area contributed by atoms with E-state index in [4.69, 9.17) is 26.8 Å². The van der Waals surface area contributed by atoms with Gasteiger partial charge in [-0.3, -0.25) is 0 Å². The number of halogens is 1. The van der Waals surface area contributed by atoms with E-state index in [1.165, 1.54) is 84.7 Å². The first-order valence-electron chi connectivity index (χ1n) is 16.7. The molecule has 6 heteroatoms. The van der Waals surface area contributed by atoms with Gasteiger partial charge in [-0.1, -0.05) is 76.2 Å². The number of hydrogen-bond acceptors (Lipinski definition) is 3. The van der Waals surface area contributed by atoms with Crippen molar-refractivity contribution in [1.82, 2.24) is 0 Å². The van der Waals surface area contributed by atoms with Gasteiger partial charge in [-0.25, -0.2) is 0 Å². The molecule has 5 rings (SSSR count). The zero-order valence-corrected chi connectivity index (χ0v) is 30.3. The first-order chi connectivity index (χ1) is 21.3. The van der Waals surface area contributed by atoms with Crippen LogP contribution < -0.4 is 24.5 Å². The number of ether oxygens (including phenoxy) is 2. The summed E-state index contributed by atoms with van der Waals surface area (Å²) in [6, 6.07) is 20.9. The quantitative estimate of drug-likeness (QED) is 0.167. The van der Waals surface area contributed by atoms with Gasteiger partial charge in [0.15, 0.2) is 0 Å². The van der Waals surface area contributed by atoms with Gasteiger partial charge in [-0.2, -0.15) is 0 Å². The number of rotatable bonds is 10. The summed E-state index contributed by atoms with van der Waals surface area (Å²) in [5, 5.41) is 2.35. The second-order valence-electron chi connectivity index (χ2n) is 12.7. The predicted octanol–water partition coefficient (Wildman–Crippen LogP) is 9.71. The van der Waals surface area contributed by atoms with E-state index in [2.05, 4.69) is 83.3 Å². The molecule has 2 aliphatic rings. The van der Waals surface area contributed by atoms with E-state index in [-0.39, 0.29) is 20.1 Å². The molecule has 0 aliphatic heterocycles. The third kappa shape index (κ3) is 9.80. The second kappa shape index (κ2) is 18.1. The molecule has 2 saturated carbocycles. The maximum absolute atomic E-state index is 7.16. The Morgan fingerprint density at radius 1 is 0.750 bits per heavy atom. The Morgan fingerprint density at radius 3 is 1.77 bits per heavy atom. The number of nitrogens with two attached hydrogens (primary N) is 1. The van der Waals surface area contributed by atoms with Crippen LogP contribution in [0.15, 0.2) is 60.7 Å². The van der Waals surface area contributed by atoms with Gasteiger partial charge in [-0.05, 0) is 88.5 Å². The summed E-state index contributed by atoms with van der Waals surface area (Å²) in [6.07, 6.45) is 14.8. The van der Waals surface area contributed by atoms with E-state index in [9.17, 15) is 0 Å². The maximum atomic E-state index is 7.16. The molecular weight excluding hydrogens is 675 g/mol. The van der Waals surface area contributed by atoms with Crippen LogP contribution >= 0.6 is 19.5 Å². The molecule has 0 aromatic heterocycles. The molecule has 0 bridgehead atoms. The van der Waals surface area contributed by atoms with Crippen LogP contribution in [0.1, 0.15) is 97.5 Å². The summed E-state index contributed by atoms with van der Waals surface area (Å²) in [7, 11) is -0.366. The molecular formula is C38H52ClNO2PPd. The van der Waals surface area contributed by atoms with Gasteiger partial charge < -0.3 is 9.47 Å². The van der Waals surface area contributed by atoms with Crippen molar-refractivity contribution in [1.29, 1.82) is 0 Å². The van der Waals surface area contributed by atoms with Crippen molar-refractivity contribution in [3.63, 3.8) is 0 Å². The zero-order valence-electron chi connectivity index (χ0n) is 27.1. The average Bonchev–Trinajstić information content (AvgIpc) is 3.01. The average molecular weight is 728 g/mol. The molecule has 3 nitrogen and oxygen atoms in total. The molecule has 0 heterocycles. The van der Waals surface area contributed by atoms with Gasteiger partial charge in [0, 0.05) is 10.3 Å². The van der Waals surface area contributed by atoms with Crippen LogP contribution in [0.3, 0.4) is 0 Å². The Morgan fingerprint density at radius 2 is 1.27 bits per heavy atom. The molecule has 0 radical (unpaired) electrons. The molecule has 44 heavy (non-hydrogen) atoms. The first kappa shape index (κ1) is 35.5. The van der Waals surface area contributed by atoms with E-state index in [0.29, 0.717) is 6.54 Å². The fourth-order valence-electron chi connectivity index (χ4n) is 6.68. The van der Waals surface area contributed by atoms with Crippen molar-refractivity contribution in [3.8, 4) is 22.6 Å². The van der Waals surface area contributed by atoms with Crippen LogP contribution in [-0.4, -0.2) is 30.1 Å². The van der Waals surface area contributed by atoms with Gasteiger partial charge in [0.25, 0.3) is 0 Å². The Labute approximate surface area is 284 Å². The van der Waals surface area contributed by atoms with Crippen LogP contribution in [0.2, 0.25) is 5.02 Å². The van der Waals surface area contributed by atoms with Crippen LogP contribution in [0.4, 0.5) is 0 Å². The van der Waals surface area contributed by atoms with Gasteiger partial charge in [0.05, 0.1) is 17.8 Å². The van der Waals surface area contributed by atoms with E-state index in [1.54, 1.807) is 0 Å². The summed E-state index contributed by atoms with van der Waals surface area (Å²) in [5.41, 5.74) is 10.6. The van der Waals surface area contributed by atoms with Crippen molar-refractivity contribution in [2.24, 2.45) is 5.73 Å². The fourth-order valence-corrected chi connectivity index (χ4v) is 11.6. The molecule has 2 aliphatic carbocycles. The van der Waals surface area contributed by atoms with Crippen molar-refractivity contribution >= 4 is 28.9 Å². The topological polar surface area (TPSA) is 44.5 Å². The molecule has 0 saturated heterocycles. The normalized spacial score (nSPS) is 16.2. The van der Waals surface area contributed by atoms with Gasteiger partial charge in [-0.15, -0.1) is 0 Å². The van der Waals surface area contributed by atoms with Gasteiger partial charge >= 0.3 is 71.8 Å². The van der Waals surface area contributed by atoms with Gasteiger partial charge in [0.1, 0.15) is 11.5 Å². The zero-order chi connectivity index (χ0) is 31.5. The fraction of sp³-hybridized carbons (Fsp3) is 0.526. The van der Waals surface area contributed by atoms with Crippen LogP contribution in [0.5, 0.6) is 11.5 Å². The molecule has 0 spiro atoms. The Balaban J connectivity index is 0.000000375. The standard InChI is InChI=1S/C30H42ClO2P.C8H10N.Pd/c1-21(2)32-27-19-12-20-28(33-22(3)4)29(27)25-17-11-18-26(31)30(25)34(23-13-7-5-8-14-23)24-15-9-6-10-16-24;9-7-6-8-4-2-1-3-5-8;/h11-12,17-24H,5-10,13-16H2,1-4H3;1-4H,6-7,9H2;. The van der Waals surface area contributed by atoms with Crippen LogP contribution in [0.25, 0.3) is 11.1 Å². The minimum atomic E-state index is -0.366. The first-order valence-corrected chi connectivity index (χ1v) is 19.4. The molecule has 2 fully saturated rings. The Kier molecular flexibility index (Phi) is 14.6. The second-order valence-corrected chi connectivity index (χ2v) is 16.7. The van der Waals surface area contributed by atoms with Crippen molar-refractivity contribution in [2.75, 3.05) is 6.54 Å². The van der Waals surface area contributed by atoms with Crippen molar-refractivity contribution in [3.05, 3.63) is 71.2 Å². The summed E-state index contributed by atoms with van der Waals surface area (Å²) < 4.78 is 13.9. The molecule has 2 N–H and O–H groups in total. The predicted molar refractivity (Wildman–Crippen MR) is 188 cm³/mol. The Bertz CT molecular complexity index is 1260. The molecule has 243 valence electrons. The third-order valence-corrected chi connectivity index (χ3v) is 13.3. The van der Waals surface area contributed by atoms with E-state index in [0.717, 1.165) is 39.8 Å². The molecule has 0 atom stereocenters. The van der Waals surface area contributed by atoms with Crippen LogP contribution in [0, 0.1) is 0 Å². The van der Waals surface area contributed by atoms with Gasteiger partial charge in [0.2, 0.25) is 0 Å². The minimum absolute atomic E-state index is 0.0916.